The molecule has 136 valence electrons. The molecule has 2 rings (SSSR count). The van der Waals surface area contributed by atoms with E-state index in [1.807, 2.05) is 38.2 Å². The summed E-state index contributed by atoms with van der Waals surface area (Å²) in [5.74, 6) is 2.19. The molecule has 1 amide bonds. The van der Waals surface area contributed by atoms with Gasteiger partial charge >= 0.3 is 0 Å². The number of carbonyl (C=O) groups is 1. The first kappa shape index (κ1) is 20.8. The third-order valence-electron chi connectivity index (χ3n) is 4.84. The summed E-state index contributed by atoms with van der Waals surface area (Å²) in [6.45, 7) is 7.56. The maximum absolute atomic E-state index is 12.4. The lowest BCUT2D eigenvalue weighted by atomic mass is 9.85. The number of nitrogens with zero attached hydrogens (tertiary/aromatic N) is 1. The van der Waals surface area contributed by atoms with E-state index in [1.165, 1.54) is 12.8 Å². The largest absolute Gasteiger partial charge is 0.491 e. The van der Waals surface area contributed by atoms with Crippen LogP contribution in [0.15, 0.2) is 24.3 Å². The van der Waals surface area contributed by atoms with Crippen molar-refractivity contribution in [1.82, 2.24) is 10.2 Å². The minimum absolute atomic E-state index is 0. The van der Waals surface area contributed by atoms with Gasteiger partial charge in [0.25, 0.3) is 0 Å². The predicted molar refractivity (Wildman–Crippen MR) is 101 cm³/mol. The Kier molecular flexibility index (Phi) is 9.16. The standard InChI is InChI=1S/C19H30N2O2.ClH/c1-15-7-4-5-9-18(15)23-12-11-21(3)19(22)13-16(2)17-8-6-10-20-14-17;/h4-5,7,9,16-17,20H,6,8,10-14H2,1-3H3;1H. The zero-order chi connectivity index (χ0) is 16.7. The number of hydrogen-bond acceptors (Lipinski definition) is 3. The molecular weight excluding hydrogens is 324 g/mol. The smallest absolute Gasteiger partial charge is 0.222 e. The van der Waals surface area contributed by atoms with Crippen molar-refractivity contribution < 1.29 is 9.53 Å². The predicted octanol–water partition coefficient (Wildman–Crippen LogP) is 3.28. The second-order valence-corrected chi connectivity index (χ2v) is 6.72. The molecule has 1 N–H and O–H groups in total. The van der Waals surface area contributed by atoms with Crippen molar-refractivity contribution in [3.05, 3.63) is 29.8 Å². The molecule has 1 aromatic carbocycles. The monoisotopic (exact) mass is 354 g/mol. The van der Waals surface area contributed by atoms with Crippen molar-refractivity contribution in [3.8, 4) is 5.75 Å². The number of halogens is 1. The number of aryl methyl sites for hydroxylation is 1. The molecule has 0 spiro atoms. The summed E-state index contributed by atoms with van der Waals surface area (Å²) in [4.78, 5) is 14.2. The molecule has 1 aliphatic rings. The van der Waals surface area contributed by atoms with Gasteiger partial charge in [-0.25, -0.2) is 0 Å². The molecule has 0 bridgehead atoms. The van der Waals surface area contributed by atoms with Gasteiger partial charge in [0.1, 0.15) is 12.4 Å². The second kappa shape index (κ2) is 10.6. The van der Waals surface area contributed by atoms with Crippen molar-refractivity contribution in [2.45, 2.75) is 33.1 Å². The van der Waals surface area contributed by atoms with Crippen molar-refractivity contribution in [3.63, 3.8) is 0 Å². The van der Waals surface area contributed by atoms with Gasteiger partial charge in [0.15, 0.2) is 0 Å². The fraction of sp³-hybridized carbons (Fsp3) is 0.632. The average Bonchev–Trinajstić information content (AvgIpc) is 2.57. The van der Waals surface area contributed by atoms with Crippen molar-refractivity contribution in [2.24, 2.45) is 11.8 Å². The number of piperidine rings is 1. The molecule has 0 saturated carbocycles. The molecule has 4 nitrogen and oxygen atoms in total. The second-order valence-electron chi connectivity index (χ2n) is 6.72. The SMILES string of the molecule is Cc1ccccc1OCCN(C)C(=O)CC(C)C1CCCNC1.Cl. The van der Waals surface area contributed by atoms with E-state index in [1.54, 1.807) is 4.90 Å². The summed E-state index contributed by atoms with van der Waals surface area (Å²) in [6.07, 6.45) is 3.10. The Labute approximate surface area is 152 Å². The average molecular weight is 355 g/mol. The molecule has 1 heterocycles. The molecule has 1 saturated heterocycles. The zero-order valence-corrected chi connectivity index (χ0v) is 15.9. The van der Waals surface area contributed by atoms with Crippen LogP contribution in [0.4, 0.5) is 0 Å². The summed E-state index contributed by atoms with van der Waals surface area (Å²) >= 11 is 0. The maximum Gasteiger partial charge on any atom is 0.222 e. The minimum atomic E-state index is 0. The number of carbonyl (C=O) groups excluding carboxylic acids is 1. The maximum atomic E-state index is 12.4. The van der Waals surface area contributed by atoms with Gasteiger partial charge in [-0.05, 0) is 56.3 Å². The van der Waals surface area contributed by atoms with Gasteiger partial charge in [-0.1, -0.05) is 25.1 Å². The van der Waals surface area contributed by atoms with Gasteiger partial charge in [0.2, 0.25) is 5.91 Å². The van der Waals surface area contributed by atoms with E-state index in [0.29, 0.717) is 31.4 Å². The molecule has 0 aliphatic carbocycles. The summed E-state index contributed by atoms with van der Waals surface area (Å²) in [5, 5.41) is 3.43. The number of likely N-dealkylation sites (N-methyl/N-ethyl adjacent to an activating group) is 1. The number of hydrogen-bond donors (Lipinski definition) is 1. The van der Waals surface area contributed by atoms with Gasteiger partial charge in [-0.15, -0.1) is 12.4 Å². The third-order valence-corrected chi connectivity index (χ3v) is 4.84. The van der Waals surface area contributed by atoms with E-state index in [2.05, 4.69) is 12.2 Å². The highest BCUT2D eigenvalue weighted by Gasteiger charge is 2.23. The van der Waals surface area contributed by atoms with E-state index in [-0.39, 0.29) is 18.3 Å². The molecule has 2 atom stereocenters. The normalized spacial score (nSPS) is 18.4. The number of ether oxygens (including phenoxy) is 1. The molecule has 1 aromatic rings. The summed E-state index contributed by atoms with van der Waals surface area (Å²) in [7, 11) is 1.87. The lowest BCUT2D eigenvalue weighted by Crippen LogP contribution is -2.37. The Morgan fingerprint density at radius 3 is 2.83 bits per heavy atom. The Morgan fingerprint density at radius 1 is 1.42 bits per heavy atom. The van der Waals surface area contributed by atoms with E-state index in [9.17, 15) is 4.79 Å². The Balaban J connectivity index is 0.00000288. The Hall–Kier alpha value is -1.26. The molecule has 0 radical (unpaired) electrons. The molecular formula is C19H31ClN2O2. The van der Waals surface area contributed by atoms with Crippen LogP contribution in [-0.2, 0) is 4.79 Å². The highest BCUT2D eigenvalue weighted by Crippen LogP contribution is 2.23. The van der Waals surface area contributed by atoms with Crippen LogP contribution in [-0.4, -0.2) is 44.1 Å². The van der Waals surface area contributed by atoms with Crippen molar-refractivity contribution in [1.29, 1.82) is 0 Å². The van der Waals surface area contributed by atoms with Crippen LogP contribution < -0.4 is 10.1 Å². The molecule has 0 aromatic heterocycles. The van der Waals surface area contributed by atoms with Gasteiger partial charge in [0.05, 0.1) is 6.54 Å². The molecule has 2 unspecified atom stereocenters. The number of rotatable bonds is 7. The molecule has 1 aliphatic heterocycles. The van der Waals surface area contributed by atoms with Gasteiger partial charge < -0.3 is 15.0 Å². The number of amides is 1. The van der Waals surface area contributed by atoms with Gasteiger partial charge in [-0.3, -0.25) is 4.79 Å². The number of para-hydroxylation sites is 1. The quantitative estimate of drug-likeness (QED) is 0.817. The molecule has 1 fully saturated rings. The van der Waals surface area contributed by atoms with Crippen LogP contribution in [0.5, 0.6) is 5.75 Å². The fourth-order valence-corrected chi connectivity index (χ4v) is 3.10. The van der Waals surface area contributed by atoms with E-state index < -0.39 is 0 Å². The van der Waals surface area contributed by atoms with Crippen LogP contribution in [0.25, 0.3) is 0 Å². The lowest BCUT2D eigenvalue weighted by Gasteiger charge is -2.29. The summed E-state index contributed by atoms with van der Waals surface area (Å²) in [6, 6.07) is 7.97. The first-order valence-electron chi connectivity index (χ1n) is 8.71. The highest BCUT2D eigenvalue weighted by molar-refractivity contribution is 5.85. The topological polar surface area (TPSA) is 41.6 Å². The summed E-state index contributed by atoms with van der Waals surface area (Å²) in [5.41, 5.74) is 1.12. The van der Waals surface area contributed by atoms with Crippen LogP contribution in [0.1, 0.15) is 31.7 Å². The lowest BCUT2D eigenvalue weighted by molar-refractivity contribution is -0.131. The van der Waals surface area contributed by atoms with E-state index >= 15 is 0 Å². The Morgan fingerprint density at radius 2 is 2.17 bits per heavy atom. The first-order chi connectivity index (χ1) is 11.1. The van der Waals surface area contributed by atoms with Crippen molar-refractivity contribution >= 4 is 18.3 Å². The van der Waals surface area contributed by atoms with Crippen LogP contribution in [0.2, 0.25) is 0 Å². The van der Waals surface area contributed by atoms with Crippen LogP contribution in [0.3, 0.4) is 0 Å². The number of benzene rings is 1. The minimum Gasteiger partial charge on any atom is -0.491 e. The molecule has 5 heteroatoms. The van der Waals surface area contributed by atoms with Crippen LogP contribution >= 0.6 is 12.4 Å². The molecule has 24 heavy (non-hydrogen) atoms. The zero-order valence-electron chi connectivity index (χ0n) is 15.1. The van der Waals surface area contributed by atoms with E-state index in [0.717, 1.165) is 24.4 Å². The van der Waals surface area contributed by atoms with Crippen LogP contribution in [0, 0.1) is 18.8 Å². The Bertz CT molecular complexity index is 504. The van der Waals surface area contributed by atoms with Gasteiger partial charge in [-0.2, -0.15) is 0 Å². The third kappa shape index (κ3) is 6.33. The summed E-state index contributed by atoms with van der Waals surface area (Å²) < 4.78 is 5.78. The fourth-order valence-electron chi connectivity index (χ4n) is 3.10. The number of nitrogens with one attached hydrogen (secondary N) is 1. The van der Waals surface area contributed by atoms with Crippen molar-refractivity contribution in [2.75, 3.05) is 33.3 Å². The highest BCUT2D eigenvalue weighted by atomic mass is 35.5. The van der Waals surface area contributed by atoms with E-state index in [4.69, 9.17) is 4.74 Å². The first-order valence-corrected chi connectivity index (χ1v) is 8.71. The van der Waals surface area contributed by atoms with Gasteiger partial charge in [0, 0.05) is 13.5 Å².